The first kappa shape index (κ1) is 15.3. The molecule has 3 heteroatoms. The lowest BCUT2D eigenvalue weighted by atomic mass is 9.92. The van der Waals surface area contributed by atoms with E-state index in [0.717, 1.165) is 39.1 Å². The van der Waals surface area contributed by atoms with Gasteiger partial charge in [-0.15, -0.1) is 0 Å². The molecule has 4 aromatic carbocycles. The van der Waals surface area contributed by atoms with Crippen LogP contribution in [0.3, 0.4) is 0 Å². The maximum atomic E-state index is 6.29. The average Bonchev–Trinajstić information content (AvgIpc) is 3.06. The molecule has 1 aliphatic heterocycles. The van der Waals surface area contributed by atoms with Crippen LogP contribution in [0.25, 0.3) is 44.2 Å². The number of rotatable bonds is 0. The van der Waals surface area contributed by atoms with E-state index in [1.807, 2.05) is 12.1 Å². The second-order valence-corrected chi connectivity index (χ2v) is 8.10. The SMILES string of the molecule is Ic1ccc2c(c1)Nc1ccccc1-c1cc-2cc2c1oc1ccccc12. The van der Waals surface area contributed by atoms with Crippen molar-refractivity contribution in [2.75, 3.05) is 5.32 Å². The lowest BCUT2D eigenvalue weighted by Gasteiger charge is -2.20. The Kier molecular flexibility index (Phi) is 3.17. The molecule has 0 saturated heterocycles. The van der Waals surface area contributed by atoms with Gasteiger partial charge in [0.05, 0.1) is 0 Å². The third-order valence-electron chi connectivity index (χ3n) is 5.26. The van der Waals surface area contributed by atoms with E-state index in [9.17, 15) is 0 Å². The predicted octanol–water partition coefficient (Wildman–Crippen LogP) is 7.58. The van der Waals surface area contributed by atoms with Crippen LogP contribution in [-0.2, 0) is 0 Å². The minimum absolute atomic E-state index is 0.929. The van der Waals surface area contributed by atoms with Crippen LogP contribution in [-0.4, -0.2) is 0 Å². The van der Waals surface area contributed by atoms with Crippen molar-refractivity contribution in [1.82, 2.24) is 0 Å². The van der Waals surface area contributed by atoms with Crippen LogP contribution >= 0.6 is 22.6 Å². The second kappa shape index (κ2) is 5.60. The van der Waals surface area contributed by atoms with Gasteiger partial charge >= 0.3 is 0 Å². The average molecular weight is 459 g/mol. The van der Waals surface area contributed by atoms with E-state index in [2.05, 4.69) is 94.6 Å². The van der Waals surface area contributed by atoms with Crippen LogP contribution in [0.15, 0.2) is 83.3 Å². The zero-order chi connectivity index (χ0) is 18.0. The molecular weight excluding hydrogens is 445 g/mol. The van der Waals surface area contributed by atoms with Crippen molar-refractivity contribution in [2.45, 2.75) is 0 Å². The molecule has 2 bridgehead atoms. The fourth-order valence-electron chi connectivity index (χ4n) is 4.03. The van der Waals surface area contributed by atoms with Gasteiger partial charge in [0.1, 0.15) is 11.2 Å². The van der Waals surface area contributed by atoms with E-state index < -0.39 is 0 Å². The first-order valence-corrected chi connectivity index (χ1v) is 9.97. The monoisotopic (exact) mass is 459 g/mol. The van der Waals surface area contributed by atoms with Crippen LogP contribution < -0.4 is 5.32 Å². The Morgan fingerprint density at radius 3 is 2.48 bits per heavy atom. The molecule has 0 unspecified atom stereocenters. The summed E-state index contributed by atoms with van der Waals surface area (Å²) in [5.74, 6) is 0. The van der Waals surface area contributed by atoms with Gasteiger partial charge < -0.3 is 9.73 Å². The zero-order valence-corrected chi connectivity index (χ0v) is 16.4. The summed E-state index contributed by atoms with van der Waals surface area (Å²) in [7, 11) is 0. The highest BCUT2D eigenvalue weighted by molar-refractivity contribution is 14.1. The summed E-state index contributed by atoms with van der Waals surface area (Å²) in [6.07, 6.45) is 0. The summed E-state index contributed by atoms with van der Waals surface area (Å²) in [6, 6.07) is 27.8. The standard InChI is InChI=1S/C24H14INO/c25-15-9-10-16-14-11-19(17-5-1-3-7-21(17)26-22(16)13-15)24-20(12-14)18-6-2-4-8-23(18)27-24/h1-13,26H. The maximum absolute atomic E-state index is 6.29. The molecule has 27 heavy (non-hydrogen) atoms. The Labute approximate surface area is 170 Å². The van der Waals surface area contributed by atoms with E-state index in [1.54, 1.807) is 0 Å². The van der Waals surface area contributed by atoms with Gasteiger partial charge in [0.15, 0.2) is 0 Å². The van der Waals surface area contributed by atoms with Gasteiger partial charge in [-0.3, -0.25) is 0 Å². The maximum Gasteiger partial charge on any atom is 0.143 e. The number of benzene rings is 4. The van der Waals surface area contributed by atoms with E-state index in [-0.39, 0.29) is 0 Å². The molecular formula is C24H14INO. The van der Waals surface area contributed by atoms with Gasteiger partial charge in [0, 0.05) is 42.4 Å². The van der Waals surface area contributed by atoms with Crippen molar-refractivity contribution in [3.05, 3.63) is 82.4 Å². The highest BCUT2D eigenvalue weighted by Gasteiger charge is 2.20. The third-order valence-corrected chi connectivity index (χ3v) is 5.93. The summed E-state index contributed by atoms with van der Waals surface area (Å²) in [5.41, 5.74) is 8.81. The van der Waals surface area contributed by atoms with Crippen molar-refractivity contribution < 1.29 is 4.42 Å². The normalized spacial score (nSPS) is 12.2. The van der Waals surface area contributed by atoms with Crippen LogP contribution in [0, 0.1) is 3.57 Å². The molecule has 128 valence electrons. The number of para-hydroxylation sites is 2. The van der Waals surface area contributed by atoms with Gasteiger partial charge in [0.2, 0.25) is 0 Å². The minimum atomic E-state index is 0.929. The third kappa shape index (κ3) is 2.24. The molecule has 6 rings (SSSR count). The van der Waals surface area contributed by atoms with E-state index in [0.29, 0.717) is 0 Å². The molecule has 0 aliphatic carbocycles. The summed E-state index contributed by atoms with van der Waals surface area (Å²) in [6.45, 7) is 0. The summed E-state index contributed by atoms with van der Waals surface area (Å²) < 4.78 is 7.51. The molecule has 0 radical (unpaired) electrons. The first-order valence-electron chi connectivity index (χ1n) is 8.89. The van der Waals surface area contributed by atoms with Crippen molar-refractivity contribution >= 4 is 55.9 Å². The van der Waals surface area contributed by atoms with Gasteiger partial charge in [-0.25, -0.2) is 0 Å². The predicted molar refractivity (Wildman–Crippen MR) is 121 cm³/mol. The largest absolute Gasteiger partial charge is 0.455 e. The Morgan fingerprint density at radius 2 is 1.52 bits per heavy atom. The minimum Gasteiger partial charge on any atom is -0.455 e. The topological polar surface area (TPSA) is 25.2 Å². The van der Waals surface area contributed by atoms with Crippen molar-refractivity contribution in [2.24, 2.45) is 0 Å². The van der Waals surface area contributed by atoms with Gasteiger partial charge in [0.25, 0.3) is 0 Å². The number of fused-ring (bicyclic) bond motifs is 10. The van der Waals surface area contributed by atoms with E-state index in [1.165, 1.54) is 20.1 Å². The number of furan rings is 1. The molecule has 0 spiro atoms. The van der Waals surface area contributed by atoms with Gasteiger partial charge in [-0.2, -0.15) is 0 Å². The zero-order valence-electron chi connectivity index (χ0n) is 14.3. The molecule has 0 fully saturated rings. The number of halogens is 1. The van der Waals surface area contributed by atoms with E-state index >= 15 is 0 Å². The van der Waals surface area contributed by atoms with Crippen LogP contribution in [0.1, 0.15) is 0 Å². The molecule has 1 aromatic heterocycles. The Bertz CT molecular complexity index is 1370. The molecule has 2 heterocycles. The Balaban J connectivity index is 1.83. The molecule has 0 atom stereocenters. The highest BCUT2D eigenvalue weighted by atomic mass is 127. The highest BCUT2D eigenvalue weighted by Crippen LogP contribution is 2.45. The fraction of sp³-hybridized carbons (Fsp3) is 0. The van der Waals surface area contributed by atoms with Gasteiger partial charge in [-0.05, 0) is 64.6 Å². The Hall–Kier alpha value is -2.79. The quantitative estimate of drug-likeness (QED) is 0.237. The smallest absolute Gasteiger partial charge is 0.143 e. The molecule has 0 amide bonds. The number of nitrogens with one attached hydrogen (secondary N) is 1. The van der Waals surface area contributed by atoms with Crippen LogP contribution in [0.4, 0.5) is 11.4 Å². The van der Waals surface area contributed by atoms with Crippen molar-refractivity contribution in [1.29, 1.82) is 0 Å². The molecule has 1 N–H and O–H groups in total. The van der Waals surface area contributed by atoms with Crippen LogP contribution in [0.2, 0.25) is 0 Å². The second-order valence-electron chi connectivity index (χ2n) is 6.86. The first-order chi connectivity index (χ1) is 13.3. The summed E-state index contributed by atoms with van der Waals surface area (Å²) >= 11 is 2.37. The Morgan fingerprint density at radius 1 is 0.667 bits per heavy atom. The molecule has 2 nitrogen and oxygen atoms in total. The lowest BCUT2D eigenvalue weighted by molar-refractivity contribution is 0.670. The van der Waals surface area contributed by atoms with Crippen molar-refractivity contribution in [3.8, 4) is 22.3 Å². The van der Waals surface area contributed by atoms with Crippen LogP contribution in [0.5, 0.6) is 0 Å². The number of anilines is 2. The lowest BCUT2D eigenvalue weighted by Crippen LogP contribution is -1.99. The molecule has 0 saturated carbocycles. The molecule has 1 aliphatic rings. The summed E-state index contributed by atoms with van der Waals surface area (Å²) in [5, 5.41) is 5.98. The van der Waals surface area contributed by atoms with E-state index in [4.69, 9.17) is 4.42 Å². The fourth-order valence-corrected chi connectivity index (χ4v) is 4.52. The number of hydrogen-bond donors (Lipinski definition) is 1. The van der Waals surface area contributed by atoms with Crippen molar-refractivity contribution in [3.63, 3.8) is 0 Å². The number of hydrogen-bond acceptors (Lipinski definition) is 2. The summed E-state index contributed by atoms with van der Waals surface area (Å²) in [4.78, 5) is 0. The van der Waals surface area contributed by atoms with Gasteiger partial charge in [-0.1, -0.05) is 42.5 Å². The molecule has 5 aromatic rings.